The standard InChI is InChI=1S/C19H16F3N3.ClH/c1-12-5-3-6-14(9-12)17-11-18(24-13(2)23-17)25-16-8-4-7-15(10-16)19(20,21)22;/h3-11H,1-2H3,(H,23,24,25);1H. The third-order valence-corrected chi connectivity index (χ3v) is 3.61. The summed E-state index contributed by atoms with van der Waals surface area (Å²) in [7, 11) is 0. The van der Waals surface area contributed by atoms with Crippen LogP contribution in [0.25, 0.3) is 11.3 Å². The molecular formula is C19H17ClF3N3. The van der Waals surface area contributed by atoms with E-state index in [2.05, 4.69) is 15.3 Å². The maximum Gasteiger partial charge on any atom is 0.416 e. The zero-order chi connectivity index (χ0) is 18.0. The first kappa shape index (κ1) is 19.7. The molecule has 0 unspecified atom stereocenters. The molecular weight excluding hydrogens is 363 g/mol. The van der Waals surface area contributed by atoms with Crippen LogP contribution in [0, 0.1) is 13.8 Å². The SMILES string of the molecule is Cc1cccc(-c2cc(Nc3cccc(C(F)(F)F)c3)nc(C)n2)c1.Cl. The van der Waals surface area contributed by atoms with Crippen molar-refractivity contribution in [2.24, 2.45) is 0 Å². The molecule has 0 aliphatic heterocycles. The summed E-state index contributed by atoms with van der Waals surface area (Å²) in [4.78, 5) is 8.68. The Kier molecular flexibility index (Phi) is 5.87. The second-order valence-corrected chi connectivity index (χ2v) is 5.76. The highest BCUT2D eigenvalue weighted by atomic mass is 35.5. The van der Waals surface area contributed by atoms with Crippen molar-refractivity contribution in [2.45, 2.75) is 20.0 Å². The fraction of sp³-hybridized carbons (Fsp3) is 0.158. The molecule has 1 aromatic heterocycles. The Morgan fingerprint density at radius 3 is 2.31 bits per heavy atom. The Balaban J connectivity index is 0.00000243. The van der Waals surface area contributed by atoms with Gasteiger partial charge in [-0.2, -0.15) is 13.2 Å². The number of nitrogens with one attached hydrogen (secondary N) is 1. The predicted octanol–water partition coefficient (Wildman–Crippen LogP) is 5.94. The van der Waals surface area contributed by atoms with Gasteiger partial charge < -0.3 is 5.32 Å². The Bertz CT molecular complexity index is 911. The van der Waals surface area contributed by atoms with E-state index in [1.165, 1.54) is 6.07 Å². The Hall–Kier alpha value is -2.60. The highest BCUT2D eigenvalue weighted by Crippen LogP contribution is 2.31. The van der Waals surface area contributed by atoms with Crippen molar-refractivity contribution < 1.29 is 13.2 Å². The molecule has 0 saturated heterocycles. The van der Waals surface area contributed by atoms with Crippen molar-refractivity contribution >= 4 is 23.9 Å². The molecule has 0 spiro atoms. The highest BCUT2D eigenvalue weighted by Gasteiger charge is 2.30. The van der Waals surface area contributed by atoms with Crippen LogP contribution in [-0.2, 0) is 6.18 Å². The van der Waals surface area contributed by atoms with Crippen molar-refractivity contribution in [1.82, 2.24) is 9.97 Å². The molecule has 0 saturated carbocycles. The Labute approximate surface area is 155 Å². The van der Waals surface area contributed by atoms with Gasteiger partial charge in [-0.25, -0.2) is 9.97 Å². The molecule has 3 aromatic rings. The van der Waals surface area contributed by atoms with E-state index >= 15 is 0 Å². The average molecular weight is 380 g/mol. The molecule has 0 fully saturated rings. The number of nitrogens with zero attached hydrogens (tertiary/aromatic N) is 2. The maximum atomic E-state index is 12.8. The summed E-state index contributed by atoms with van der Waals surface area (Å²) in [6, 6.07) is 14.6. The fourth-order valence-corrected chi connectivity index (χ4v) is 2.51. The van der Waals surface area contributed by atoms with Crippen LogP contribution in [-0.4, -0.2) is 9.97 Å². The maximum absolute atomic E-state index is 12.8. The molecule has 3 nitrogen and oxygen atoms in total. The number of alkyl halides is 3. The van der Waals surface area contributed by atoms with E-state index in [1.54, 1.807) is 19.1 Å². The molecule has 1 N–H and O–H groups in total. The first-order valence-corrected chi connectivity index (χ1v) is 7.68. The number of aryl methyl sites for hydroxylation is 2. The lowest BCUT2D eigenvalue weighted by Gasteiger charge is -2.11. The van der Waals surface area contributed by atoms with Gasteiger partial charge in [-0.05, 0) is 38.1 Å². The van der Waals surface area contributed by atoms with Crippen LogP contribution in [0.3, 0.4) is 0 Å². The zero-order valence-corrected chi connectivity index (χ0v) is 14.9. The first-order chi connectivity index (χ1) is 11.8. The topological polar surface area (TPSA) is 37.8 Å². The summed E-state index contributed by atoms with van der Waals surface area (Å²) in [6.07, 6.45) is -4.38. The van der Waals surface area contributed by atoms with Gasteiger partial charge in [0.2, 0.25) is 0 Å². The van der Waals surface area contributed by atoms with Crippen LogP contribution in [0.5, 0.6) is 0 Å². The van der Waals surface area contributed by atoms with Gasteiger partial charge in [0.1, 0.15) is 11.6 Å². The summed E-state index contributed by atoms with van der Waals surface area (Å²) in [5, 5.41) is 2.93. The number of anilines is 2. The van der Waals surface area contributed by atoms with Gasteiger partial charge in [-0.15, -0.1) is 12.4 Å². The fourth-order valence-electron chi connectivity index (χ4n) is 2.51. The van der Waals surface area contributed by atoms with E-state index in [-0.39, 0.29) is 12.4 Å². The van der Waals surface area contributed by atoms with Crippen LogP contribution in [0.4, 0.5) is 24.7 Å². The molecule has 0 atom stereocenters. The summed E-state index contributed by atoms with van der Waals surface area (Å²) >= 11 is 0. The molecule has 136 valence electrons. The molecule has 0 aliphatic carbocycles. The zero-order valence-electron chi connectivity index (χ0n) is 14.1. The first-order valence-electron chi connectivity index (χ1n) is 7.68. The van der Waals surface area contributed by atoms with Crippen molar-refractivity contribution in [1.29, 1.82) is 0 Å². The smallest absolute Gasteiger partial charge is 0.340 e. The van der Waals surface area contributed by atoms with E-state index in [9.17, 15) is 13.2 Å². The quantitative estimate of drug-likeness (QED) is 0.611. The third-order valence-electron chi connectivity index (χ3n) is 3.61. The number of hydrogen-bond acceptors (Lipinski definition) is 3. The molecule has 0 aliphatic rings. The lowest BCUT2D eigenvalue weighted by molar-refractivity contribution is -0.137. The molecule has 0 amide bonds. The van der Waals surface area contributed by atoms with Crippen molar-refractivity contribution in [2.75, 3.05) is 5.32 Å². The van der Waals surface area contributed by atoms with Gasteiger partial charge in [0.05, 0.1) is 11.3 Å². The summed E-state index contributed by atoms with van der Waals surface area (Å²) < 4.78 is 38.5. The number of benzene rings is 2. The Morgan fingerprint density at radius 1 is 0.885 bits per heavy atom. The molecule has 26 heavy (non-hydrogen) atoms. The van der Waals surface area contributed by atoms with Crippen LogP contribution in [0.2, 0.25) is 0 Å². The lowest BCUT2D eigenvalue weighted by atomic mass is 10.1. The van der Waals surface area contributed by atoms with Gasteiger partial charge in [0.15, 0.2) is 0 Å². The predicted molar refractivity (Wildman–Crippen MR) is 98.9 cm³/mol. The van der Waals surface area contributed by atoms with Gasteiger partial charge in [0.25, 0.3) is 0 Å². The van der Waals surface area contributed by atoms with Crippen LogP contribution >= 0.6 is 12.4 Å². The summed E-state index contributed by atoms with van der Waals surface area (Å²) in [5.41, 5.74) is 2.36. The van der Waals surface area contributed by atoms with Crippen molar-refractivity contribution in [3.05, 3.63) is 71.5 Å². The van der Waals surface area contributed by atoms with Crippen LogP contribution in [0.15, 0.2) is 54.6 Å². The number of aromatic nitrogens is 2. The van der Waals surface area contributed by atoms with Crippen molar-refractivity contribution in [3.8, 4) is 11.3 Å². The molecule has 0 radical (unpaired) electrons. The summed E-state index contributed by atoms with van der Waals surface area (Å²) in [5.74, 6) is 0.983. The van der Waals surface area contributed by atoms with Crippen LogP contribution < -0.4 is 5.32 Å². The minimum Gasteiger partial charge on any atom is -0.340 e. The monoisotopic (exact) mass is 379 g/mol. The molecule has 1 heterocycles. The largest absolute Gasteiger partial charge is 0.416 e. The Morgan fingerprint density at radius 2 is 1.62 bits per heavy atom. The third kappa shape index (κ3) is 4.73. The van der Waals surface area contributed by atoms with Gasteiger partial charge in [-0.1, -0.05) is 29.8 Å². The average Bonchev–Trinajstić information content (AvgIpc) is 2.54. The van der Waals surface area contributed by atoms with E-state index in [0.717, 1.165) is 23.3 Å². The van der Waals surface area contributed by atoms with Gasteiger partial charge in [-0.3, -0.25) is 0 Å². The normalized spacial score (nSPS) is 11.0. The molecule has 2 aromatic carbocycles. The number of rotatable bonds is 3. The highest BCUT2D eigenvalue weighted by molar-refractivity contribution is 5.85. The second-order valence-electron chi connectivity index (χ2n) is 5.76. The van der Waals surface area contributed by atoms with Crippen LogP contribution in [0.1, 0.15) is 17.0 Å². The van der Waals surface area contributed by atoms with E-state index < -0.39 is 11.7 Å². The molecule has 0 bridgehead atoms. The lowest BCUT2D eigenvalue weighted by Crippen LogP contribution is -2.05. The number of halogens is 4. The molecule has 7 heteroatoms. The minimum absolute atomic E-state index is 0. The number of hydrogen-bond donors (Lipinski definition) is 1. The molecule has 3 rings (SSSR count). The van der Waals surface area contributed by atoms with E-state index in [1.807, 2.05) is 31.2 Å². The van der Waals surface area contributed by atoms with E-state index in [0.29, 0.717) is 23.0 Å². The van der Waals surface area contributed by atoms with Gasteiger partial charge in [0, 0.05) is 17.3 Å². The van der Waals surface area contributed by atoms with E-state index in [4.69, 9.17) is 0 Å². The minimum atomic E-state index is -4.38. The van der Waals surface area contributed by atoms with Crippen molar-refractivity contribution in [3.63, 3.8) is 0 Å². The van der Waals surface area contributed by atoms with Gasteiger partial charge >= 0.3 is 6.18 Å². The summed E-state index contributed by atoms with van der Waals surface area (Å²) in [6.45, 7) is 3.73. The second kappa shape index (κ2) is 7.74.